The third-order valence-electron chi connectivity index (χ3n) is 6.83. The van der Waals surface area contributed by atoms with Gasteiger partial charge in [-0.2, -0.15) is 5.10 Å². The van der Waals surface area contributed by atoms with Crippen molar-refractivity contribution < 1.29 is 23.0 Å². The van der Waals surface area contributed by atoms with Gasteiger partial charge in [-0.25, -0.2) is 18.3 Å². The molecule has 11 heteroatoms. The predicted octanol–water partition coefficient (Wildman–Crippen LogP) is 7.90. The molecule has 2 aromatic heterocycles. The smallest absolute Gasteiger partial charge is 0.341 e. The molecule has 2 unspecified atom stereocenters. The number of carbonyl (C=O) groups is 1. The summed E-state index contributed by atoms with van der Waals surface area (Å²) in [5.41, 5.74) is 1.91. The SMILES string of the molecule is CCOC(=O)c1cccc(SC2CC2c2cc3ccc(Cl)c(F)c3n2-c2cnn(COCC[Si](C)(C)C)c2)c1F. The van der Waals surface area contributed by atoms with Crippen molar-refractivity contribution in [3.63, 3.8) is 0 Å². The second-order valence-corrected chi connectivity index (χ2v) is 18.4. The lowest BCUT2D eigenvalue weighted by atomic mass is 10.2. The Balaban J connectivity index is 1.41. The summed E-state index contributed by atoms with van der Waals surface area (Å²) in [5.74, 6) is -1.71. The molecule has 6 nitrogen and oxygen atoms in total. The fourth-order valence-electron chi connectivity index (χ4n) is 4.62. The number of esters is 1. The van der Waals surface area contributed by atoms with Crippen LogP contribution in [0.1, 0.15) is 35.3 Å². The Labute approximate surface area is 242 Å². The number of nitrogens with zero attached hydrogens (tertiary/aromatic N) is 3. The molecular formula is C29H32ClF2N3O3SSi. The van der Waals surface area contributed by atoms with E-state index in [-0.39, 0.29) is 28.4 Å². The van der Waals surface area contributed by atoms with E-state index in [0.717, 1.165) is 23.5 Å². The molecule has 5 rings (SSSR count). The van der Waals surface area contributed by atoms with Gasteiger partial charge in [0.1, 0.15) is 6.73 Å². The number of fused-ring (bicyclic) bond motifs is 1. The van der Waals surface area contributed by atoms with Crippen LogP contribution in [0, 0.1) is 11.6 Å². The fraction of sp³-hybridized carbons (Fsp3) is 0.379. The maximum Gasteiger partial charge on any atom is 0.341 e. The van der Waals surface area contributed by atoms with Gasteiger partial charge in [-0.15, -0.1) is 11.8 Å². The Bertz CT molecular complexity index is 1550. The molecule has 2 atom stereocenters. The molecule has 0 spiro atoms. The van der Waals surface area contributed by atoms with Crippen LogP contribution in [-0.2, 0) is 16.2 Å². The zero-order chi connectivity index (χ0) is 28.6. The number of carbonyl (C=O) groups excluding carboxylic acids is 1. The molecule has 0 saturated heterocycles. The van der Waals surface area contributed by atoms with Gasteiger partial charge in [-0.1, -0.05) is 43.4 Å². The number of aromatic nitrogens is 3. The Morgan fingerprint density at radius 2 is 2.00 bits per heavy atom. The zero-order valence-corrected chi connectivity index (χ0v) is 25.5. The average Bonchev–Trinajstić information content (AvgIpc) is 3.31. The first-order valence-electron chi connectivity index (χ1n) is 13.3. The minimum Gasteiger partial charge on any atom is -0.462 e. The van der Waals surface area contributed by atoms with Crippen LogP contribution in [0.4, 0.5) is 8.78 Å². The Hall–Kier alpha value is -2.66. The van der Waals surface area contributed by atoms with Gasteiger partial charge in [-0.3, -0.25) is 0 Å². The summed E-state index contributed by atoms with van der Waals surface area (Å²) in [6.07, 6.45) is 4.30. The second kappa shape index (κ2) is 11.7. The van der Waals surface area contributed by atoms with E-state index in [1.54, 1.807) is 42.1 Å². The molecule has 0 radical (unpaired) electrons. The number of halogens is 3. The lowest BCUT2D eigenvalue weighted by Gasteiger charge is -2.15. The van der Waals surface area contributed by atoms with Gasteiger partial charge in [0.25, 0.3) is 0 Å². The van der Waals surface area contributed by atoms with E-state index in [9.17, 15) is 4.79 Å². The summed E-state index contributed by atoms with van der Waals surface area (Å²) >= 11 is 7.56. The molecule has 40 heavy (non-hydrogen) atoms. The standard InChI is InChI=1S/C29H32ClF2N3O3SSi/c1-5-38-29(36)20-7-6-8-24(26(20)31)39-25-14-21(25)23-13-18-9-10-22(30)27(32)28(18)35(23)19-15-33-34(16-19)17-37-11-12-40(2,3)4/h6-10,13,15-16,21,25H,5,11-12,14,17H2,1-4H3. The van der Waals surface area contributed by atoms with E-state index in [2.05, 4.69) is 24.7 Å². The molecule has 212 valence electrons. The van der Waals surface area contributed by atoms with E-state index in [1.165, 1.54) is 17.8 Å². The van der Waals surface area contributed by atoms with Gasteiger partial charge < -0.3 is 14.0 Å². The lowest BCUT2D eigenvalue weighted by Crippen LogP contribution is -2.22. The molecule has 4 aromatic rings. The third-order valence-corrected chi connectivity index (χ3v) is 10.2. The normalized spacial score (nSPS) is 17.0. The van der Waals surface area contributed by atoms with Crippen LogP contribution in [0.3, 0.4) is 0 Å². The van der Waals surface area contributed by atoms with Gasteiger partial charge >= 0.3 is 5.97 Å². The van der Waals surface area contributed by atoms with E-state index in [4.69, 9.17) is 21.1 Å². The lowest BCUT2D eigenvalue weighted by molar-refractivity contribution is 0.0520. The number of ether oxygens (including phenoxy) is 2. The number of hydrogen-bond donors (Lipinski definition) is 0. The van der Waals surface area contributed by atoms with Crippen LogP contribution >= 0.6 is 23.4 Å². The molecule has 0 N–H and O–H groups in total. The average molecular weight is 604 g/mol. The van der Waals surface area contributed by atoms with Crippen molar-refractivity contribution >= 4 is 48.3 Å². The highest BCUT2D eigenvalue weighted by Gasteiger charge is 2.43. The molecule has 0 bridgehead atoms. The Morgan fingerprint density at radius 3 is 2.75 bits per heavy atom. The number of hydrogen-bond acceptors (Lipinski definition) is 5. The quantitative estimate of drug-likeness (QED) is 0.0991. The van der Waals surface area contributed by atoms with Crippen molar-refractivity contribution in [1.29, 1.82) is 0 Å². The third kappa shape index (κ3) is 6.15. The first-order valence-corrected chi connectivity index (χ1v) is 18.3. The van der Waals surface area contributed by atoms with Crippen LogP contribution in [0.2, 0.25) is 30.7 Å². The van der Waals surface area contributed by atoms with Crippen molar-refractivity contribution in [1.82, 2.24) is 14.3 Å². The van der Waals surface area contributed by atoms with Gasteiger partial charge in [0.05, 0.1) is 40.8 Å². The Morgan fingerprint density at radius 1 is 1.20 bits per heavy atom. The zero-order valence-electron chi connectivity index (χ0n) is 22.9. The number of rotatable bonds is 11. The summed E-state index contributed by atoms with van der Waals surface area (Å²) in [5, 5.41) is 5.27. The van der Waals surface area contributed by atoms with Crippen LogP contribution in [-0.4, -0.2) is 46.9 Å². The molecule has 2 heterocycles. The summed E-state index contributed by atoms with van der Waals surface area (Å²) < 4.78 is 44.9. The van der Waals surface area contributed by atoms with Crippen molar-refractivity contribution in [2.45, 2.75) is 61.8 Å². The van der Waals surface area contributed by atoms with E-state index in [1.807, 2.05) is 16.8 Å². The van der Waals surface area contributed by atoms with Crippen molar-refractivity contribution in [3.05, 3.63) is 76.7 Å². The minimum atomic E-state index is -1.20. The summed E-state index contributed by atoms with van der Waals surface area (Å²) in [7, 11) is -1.20. The van der Waals surface area contributed by atoms with Crippen molar-refractivity contribution in [3.8, 4) is 5.69 Å². The molecule has 1 fully saturated rings. The molecule has 0 amide bonds. The van der Waals surface area contributed by atoms with Gasteiger partial charge in [-0.05, 0) is 43.7 Å². The molecule has 1 aliphatic carbocycles. The molecule has 2 aromatic carbocycles. The van der Waals surface area contributed by atoms with Crippen molar-refractivity contribution in [2.75, 3.05) is 13.2 Å². The largest absolute Gasteiger partial charge is 0.462 e. The summed E-state index contributed by atoms with van der Waals surface area (Å²) in [6, 6.07) is 11.1. The monoisotopic (exact) mass is 603 g/mol. The van der Waals surface area contributed by atoms with E-state index >= 15 is 8.78 Å². The van der Waals surface area contributed by atoms with Gasteiger partial charge in [0.15, 0.2) is 11.6 Å². The molecular weight excluding hydrogens is 572 g/mol. The summed E-state index contributed by atoms with van der Waals surface area (Å²) in [4.78, 5) is 12.5. The van der Waals surface area contributed by atoms with E-state index in [0.29, 0.717) is 29.4 Å². The summed E-state index contributed by atoms with van der Waals surface area (Å²) in [6.45, 7) is 9.74. The predicted molar refractivity (Wildman–Crippen MR) is 157 cm³/mol. The highest BCUT2D eigenvalue weighted by Crippen LogP contribution is 2.53. The number of thioether (sulfide) groups is 1. The Kier molecular flexibility index (Phi) is 8.42. The number of benzene rings is 2. The molecule has 1 aliphatic rings. The highest BCUT2D eigenvalue weighted by molar-refractivity contribution is 8.00. The van der Waals surface area contributed by atoms with Crippen LogP contribution in [0.5, 0.6) is 0 Å². The topological polar surface area (TPSA) is 58.3 Å². The van der Waals surface area contributed by atoms with Gasteiger partial charge in [0, 0.05) is 41.8 Å². The second-order valence-electron chi connectivity index (χ2n) is 11.1. The highest BCUT2D eigenvalue weighted by atomic mass is 35.5. The fourth-order valence-corrected chi connectivity index (χ4v) is 6.84. The first-order chi connectivity index (χ1) is 19.1. The molecule has 0 aliphatic heterocycles. The first kappa shape index (κ1) is 28.9. The maximum atomic E-state index is 15.4. The molecule has 1 saturated carbocycles. The van der Waals surface area contributed by atoms with Crippen LogP contribution < -0.4 is 0 Å². The van der Waals surface area contributed by atoms with Gasteiger partial charge in [0.2, 0.25) is 0 Å². The van der Waals surface area contributed by atoms with Crippen LogP contribution in [0.25, 0.3) is 16.6 Å². The van der Waals surface area contributed by atoms with Crippen LogP contribution in [0.15, 0.2) is 53.7 Å². The maximum absolute atomic E-state index is 15.4. The van der Waals surface area contributed by atoms with E-state index < -0.39 is 25.7 Å². The van der Waals surface area contributed by atoms with Crippen molar-refractivity contribution in [2.24, 2.45) is 0 Å². The minimum absolute atomic E-state index is 0.0394.